The van der Waals surface area contributed by atoms with Crippen molar-refractivity contribution in [2.45, 2.75) is 25.3 Å². The molecule has 0 bridgehead atoms. The molecule has 0 saturated carbocycles. The topological polar surface area (TPSA) is 191 Å². The molecule has 0 spiro atoms. The summed E-state index contributed by atoms with van der Waals surface area (Å²) in [4.78, 5) is 8.82. The summed E-state index contributed by atoms with van der Waals surface area (Å²) in [7, 11) is 1.52. The first-order valence-electron chi connectivity index (χ1n) is 9.71. The second-order valence-electron chi connectivity index (χ2n) is 6.74. The highest BCUT2D eigenvalue weighted by atomic mass is 16.5. The van der Waals surface area contributed by atoms with Gasteiger partial charge in [-0.05, 0) is 18.9 Å². The normalized spacial score (nSPS) is 13.9. The lowest BCUT2D eigenvalue weighted by atomic mass is 9.94. The van der Waals surface area contributed by atoms with Gasteiger partial charge in [-0.25, -0.2) is 9.98 Å². The molecule has 3 rings (SSSR count). The molecule has 0 aliphatic carbocycles. The van der Waals surface area contributed by atoms with Crippen molar-refractivity contribution in [2.75, 3.05) is 30.5 Å². The fourth-order valence-corrected chi connectivity index (χ4v) is 3.35. The standard InChI is InChI=1S/C21H21N9O2/c1-31-14-7-5-6-12(18(14)32-9-4-2-3-8-22)17-15-16(25)13(10-23)19(26)29-20(15)30-21(28-17)27-11-24/h5-7,17H,2-4,9H2,1H3,(H6,25,26,27,28,29,30). The molecule has 6 N–H and O–H groups in total. The van der Waals surface area contributed by atoms with E-state index in [4.69, 9.17) is 31.5 Å². The molecule has 1 unspecified atom stereocenters. The second kappa shape index (κ2) is 9.88. The van der Waals surface area contributed by atoms with Crippen molar-refractivity contribution in [1.82, 2.24) is 10.3 Å². The molecule has 1 aromatic heterocycles. The molecule has 0 saturated heterocycles. The number of benzene rings is 1. The number of hydrogen-bond acceptors (Lipinski definition) is 11. The Kier molecular flexibility index (Phi) is 6.79. The van der Waals surface area contributed by atoms with E-state index in [1.54, 1.807) is 18.2 Å². The molecule has 1 aromatic carbocycles. The number of nitrogens with zero attached hydrogens (tertiary/aromatic N) is 5. The lowest BCUT2D eigenvalue weighted by Crippen LogP contribution is -2.33. The molecule has 1 aliphatic rings. The van der Waals surface area contributed by atoms with Gasteiger partial charge in [-0.2, -0.15) is 15.8 Å². The molecule has 11 heteroatoms. The number of para-hydroxylation sites is 1. The van der Waals surface area contributed by atoms with Crippen LogP contribution in [-0.4, -0.2) is 24.7 Å². The summed E-state index contributed by atoms with van der Waals surface area (Å²) in [5.74, 6) is 1.31. The maximum atomic E-state index is 9.49. The summed E-state index contributed by atoms with van der Waals surface area (Å²) in [5, 5.41) is 32.6. The number of anilines is 3. The van der Waals surface area contributed by atoms with E-state index in [2.05, 4.69) is 26.7 Å². The van der Waals surface area contributed by atoms with Crippen LogP contribution in [0.5, 0.6) is 11.5 Å². The Morgan fingerprint density at radius 2 is 2.03 bits per heavy atom. The Labute approximate surface area is 184 Å². The molecule has 0 fully saturated rings. The molecule has 2 aromatic rings. The molecule has 2 heterocycles. The summed E-state index contributed by atoms with van der Waals surface area (Å²) < 4.78 is 11.5. The third-order valence-electron chi connectivity index (χ3n) is 4.81. The van der Waals surface area contributed by atoms with Gasteiger partial charge in [0.2, 0.25) is 5.96 Å². The van der Waals surface area contributed by atoms with Crippen LogP contribution >= 0.6 is 0 Å². The zero-order chi connectivity index (χ0) is 23.1. The van der Waals surface area contributed by atoms with Gasteiger partial charge >= 0.3 is 0 Å². The van der Waals surface area contributed by atoms with Crippen molar-refractivity contribution in [3.63, 3.8) is 0 Å². The van der Waals surface area contributed by atoms with Gasteiger partial charge < -0.3 is 26.3 Å². The predicted octanol–water partition coefficient (Wildman–Crippen LogP) is 2.14. The number of pyridine rings is 1. The lowest BCUT2D eigenvalue weighted by molar-refractivity contribution is 0.283. The minimum Gasteiger partial charge on any atom is -0.493 e. The monoisotopic (exact) mass is 431 g/mol. The van der Waals surface area contributed by atoms with Crippen molar-refractivity contribution >= 4 is 23.3 Å². The molecular weight excluding hydrogens is 410 g/mol. The number of nitrogens with one attached hydrogen (secondary N) is 2. The van der Waals surface area contributed by atoms with Gasteiger partial charge in [0.15, 0.2) is 17.7 Å². The number of nitriles is 3. The summed E-state index contributed by atoms with van der Waals surface area (Å²) in [6.07, 6.45) is 3.64. The van der Waals surface area contributed by atoms with Crippen molar-refractivity contribution in [1.29, 1.82) is 15.8 Å². The number of aliphatic imine (C=N–C) groups is 1. The van der Waals surface area contributed by atoms with Gasteiger partial charge in [-0.1, -0.05) is 12.1 Å². The highest BCUT2D eigenvalue weighted by Crippen LogP contribution is 2.45. The summed E-state index contributed by atoms with van der Waals surface area (Å²) in [5.41, 5.74) is 13.4. The van der Waals surface area contributed by atoms with Gasteiger partial charge in [-0.3, -0.25) is 5.32 Å². The summed E-state index contributed by atoms with van der Waals surface area (Å²) in [6.45, 7) is 0.360. The minimum atomic E-state index is -0.758. The van der Waals surface area contributed by atoms with Crippen molar-refractivity contribution < 1.29 is 9.47 Å². The zero-order valence-corrected chi connectivity index (χ0v) is 17.3. The van der Waals surface area contributed by atoms with Crippen LogP contribution in [0.1, 0.15) is 42.0 Å². The van der Waals surface area contributed by atoms with E-state index in [9.17, 15) is 5.26 Å². The Morgan fingerprint density at radius 3 is 2.72 bits per heavy atom. The number of hydrogen-bond donors (Lipinski definition) is 4. The number of aromatic nitrogens is 1. The van der Waals surface area contributed by atoms with E-state index in [1.165, 1.54) is 7.11 Å². The van der Waals surface area contributed by atoms with Gasteiger partial charge in [-0.15, -0.1) is 0 Å². The first-order chi connectivity index (χ1) is 15.5. The van der Waals surface area contributed by atoms with Crippen LogP contribution in [0.25, 0.3) is 0 Å². The van der Waals surface area contributed by atoms with E-state index in [-0.39, 0.29) is 28.8 Å². The number of guanidine groups is 1. The largest absolute Gasteiger partial charge is 0.493 e. The third kappa shape index (κ3) is 4.25. The number of unbranched alkanes of at least 4 members (excludes halogenated alkanes) is 2. The molecular formula is C21H21N9O2. The maximum Gasteiger partial charge on any atom is 0.211 e. The maximum absolute atomic E-state index is 9.49. The first kappa shape index (κ1) is 22.0. The van der Waals surface area contributed by atoms with Crippen molar-refractivity contribution in [3.8, 4) is 29.8 Å². The fourth-order valence-electron chi connectivity index (χ4n) is 3.35. The number of rotatable bonds is 7. The average molecular weight is 431 g/mol. The fraction of sp³-hybridized carbons (Fsp3) is 0.286. The van der Waals surface area contributed by atoms with Crippen LogP contribution in [0.15, 0.2) is 23.2 Å². The molecule has 11 nitrogen and oxygen atoms in total. The SMILES string of the molecule is COc1cccc(C2N=C(NC#N)Nc3nc(N)c(C#N)c(N)c32)c1OCCCCC#N. The molecule has 0 amide bonds. The summed E-state index contributed by atoms with van der Waals surface area (Å²) >= 11 is 0. The molecule has 0 radical (unpaired) electrons. The summed E-state index contributed by atoms with van der Waals surface area (Å²) in [6, 6.07) is 8.64. The number of fused-ring (bicyclic) bond motifs is 1. The van der Waals surface area contributed by atoms with E-state index < -0.39 is 6.04 Å². The van der Waals surface area contributed by atoms with Crippen LogP contribution < -0.4 is 31.6 Å². The van der Waals surface area contributed by atoms with E-state index in [1.807, 2.05) is 12.3 Å². The van der Waals surface area contributed by atoms with E-state index >= 15 is 0 Å². The highest BCUT2D eigenvalue weighted by molar-refractivity contribution is 5.98. The number of methoxy groups -OCH3 is 1. The van der Waals surface area contributed by atoms with Gasteiger partial charge in [0, 0.05) is 17.5 Å². The predicted molar refractivity (Wildman–Crippen MR) is 117 cm³/mol. The van der Waals surface area contributed by atoms with Crippen LogP contribution in [0.4, 0.5) is 17.3 Å². The smallest absolute Gasteiger partial charge is 0.211 e. The highest BCUT2D eigenvalue weighted by Gasteiger charge is 2.32. The zero-order valence-electron chi connectivity index (χ0n) is 17.3. The van der Waals surface area contributed by atoms with E-state index in [0.29, 0.717) is 48.5 Å². The second-order valence-corrected chi connectivity index (χ2v) is 6.74. The van der Waals surface area contributed by atoms with E-state index in [0.717, 1.165) is 0 Å². The van der Waals surface area contributed by atoms with Gasteiger partial charge in [0.05, 0.1) is 25.5 Å². The Balaban J connectivity index is 2.13. The number of nitrogen functional groups attached to an aromatic ring is 2. The van der Waals surface area contributed by atoms with Crippen molar-refractivity contribution in [3.05, 3.63) is 34.9 Å². The van der Waals surface area contributed by atoms with Gasteiger partial charge in [0.1, 0.15) is 29.3 Å². The Hall–Kier alpha value is -4.69. The van der Waals surface area contributed by atoms with Gasteiger partial charge in [0.25, 0.3) is 0 Å². The van der Waals surface area contributed by atoms with Crippen LogP contribution in [-0.2, 0) is 0 Å². The Morgan fingerprint density at radius 1 is 1.22 bits per heavy atom. The van der Waals surface area contributed by atoms with Crippen LogP contribution in [0, 0.1) is 34.1 Å². The first-order valence-corrected chi connectivity index (χ1v) is 9.71. The number of nitrogens with two attached hydrogens (primary N) is 2. The number of ether oxygens (including phenoxy) is 2. The van der Waals surface area contributed by atoms with Crippen molar-refractivity contribution in [2.24, 2.45) is 4.99 Å². The molecule has 1 atom stereocenters. The Bertz CT molecular complexity index is 1170. The average Bonchev–Trinajstić information content (AvgIpc) is 2.78. The molecule has 162 valence electrons. The molecule has 32 heavy (non-hydrogen) atoms. The quantitative estimate of drug-likeness (QED) is 0.287. The minimum absolute atomic E-state index is 0.0344. The molecule has 1 aliphatic heterocycles. The third-order valence-corrected chi connectivity index (χ3v) is 4.81. The van der Waals surface area contributed by atoms with Crippen LogP contribution in [0.3, 0.4) is 0 Å². The van der Waals surface area contributed by atoms with Crippen LogP contribution in [0.2, 0.25) is 0 Å². The lowest BCUT2D eigenvalue weighted by Gasteiger charge is -2.27.